The number of fused-ring (bicyclic) bond motifs is 1. The predicted molar refractivity (Wildman–Crippen MR) is 140 cm³/mol. The van der Waals surface area contributed by atoms with Crippen molar-refractivity contribution in [1.82, 2.24) is 21.3 Å². The van der Waals surface area contributed by atoms with E-state index in [0.717, 1.165) is 106 Å². The number of nitrogens with zero attached hydrogens (tertiary/aromatic N) is 1. The number of hydrogen-bond acceptors (Lipinski definition) is 5. The van der Waals surface area contributed by atoms with E-state index in [1.807, 2.05) is 6.07 Å². The van der Waals surface area contributed by atoms with E-state index in [4.69, 9.17) is 21.0 Å². The Kier molecular flexibility index (Phi) is 10.5. The predicted octanol–water partition coefficient (Wildman–Crippen LogP) is 3.04. The first-order valence-electron chi connectivity index (χ1n) is 12.6. The Morgan fingerprint density at radius 2 is 1.65 bits per heavy atom. The first-order chi connectivity index (χ1) is 16.6. The number of amidine groups is 1. The van der Waals surface area contributed by atoms with Crippen LogP contribution in [-0.2, 0) is 6.42 Å². The molecular weight excluding hydrogens is 428 g/mol. The zero-order valence-corrected chi connectivity index (χ0v) is 20.1. The molecule has 1 aromatic heterocycles. The van der Waals surface area contributed by atoms with Gasteiger partial charge in [-0.15, -0.1) is 0 Å². The van der Waals surface area contributed by atoms with Crippen LogP contribution in [0.1, 0.15) is 62.7 Å². The molecule has 0 amide bonds. The van der Waals surface area contributed by atoms with Crippen LogP contribution < -0.4 is 27.0 Å². The highest BCUT2D eigenvalue weighted by Gasteiger charge is 2.10. The standard InChI is InChI=1S/C25H40N8O/c26-24(27)31-12-5-3-1-2-4-6-13-32-25(28)33-14-7-9-21-18-20-17-19(10-11-22(20)34-21)23-29-15-8-16-30-23/h10-11,17-18H,1-9,12-16H2,(H,29,30)(H4,26,27,31)(H3,28,32,33). The van der Waals surface area contributed by atoms with E-state index >= 15 is 0 Å². The molecule has 34 heavy (non-hydrogen) atoms. The van der Waals surface area contributed by atoms with E-state index in [9.17, 15) is 0 Å². The van der Waals surface area contributed by atoms with Crippen LogP contribution >= 0.6 is 0 Å². The summed E-state index contributed by atoms with van der Waals surface area (Å²) in [5.41, 5.74) is 7.27. The smallest absolute Gasteiger partial charge is 0.188 e. The Hall–Kier alpha value is -3.23. The van der Waals surface area contributed by atoms with Gasteiger partial charge in [0.25, 0.3) is 0 Å². The van der Waals surface area contributed by atoms with Gasteiger partial charge in [-0.05, 0) is 49.9 Å². The topological polar surface area (TPSA) is 147 Å². The molecule has 1 aromatic carbocycles. The lowest BCUT2D eigenvalue weighted by atomic mass is 10.1. The minimum atomic E-state index is 0.0500. The fraction of sp³-hybridized carbons (Fsp3) is 0.560. The molecular formula is C25H40N8O. The minimum absolute atomic E-state index is 0.0500. The van der Waals surface area contributed by atoms with Crippen molar-refractivity contribution in [3.63, 3.8) is 0 Å². The van der Waals surface area contributed by atoms with E-state index in [1.54, 1.807) is 0 Å². The number of hydrogen-bond donors (Lipinski definition) is 7. The maximum absolute atomic E-state index is 8.01. The molecule has 0 saturated carbocycles. The number of aliphatic imine (C=N–C) groups is 1. The highest BCUT2D eigenvalue weighted by molar-refractivity contribution is 6.01. The SMILES string of the molecule is N=C(N)NCCCCCCCCNC(=N)NCCCc1cc2cc(C3=NCCCN3)ccc2o1. The van der Waals surface area contributed by atoms with Crippen LogP contribution in [0.15, 0.2) is 33.7 Å². The highest BCUT2D eigenvalue weighted by atomic mass is 16.3. The summed E-state index contributed by atoms with van der Waals surface area (Å²) in [6.45, 7) is 4.21. The lowest BCUT2D eigenvalue weighted by Gasteiger charge is -2.14. The van der Waals surface area contributed by atoms with Gasteiger partial charge < -0.3 is 31.4 Å². The Balaban J connectivity index is 1.23. The van der Waals surface area contributed by atoms with Crippen LogP contribution in [0.3, 0.4) is 0 Å². The normalized spacial score (nSPS) is 13.2. The molecule has 1 aliphatic heterocycles. The van der Waals surface area contributed by atoms with Crippen molar-refractivity contribution in [3.05, 3.63) is 35.6 Å². The third-order valence-electron chi connectivity index (χ3n) is 5.86. The molecule has 0 bridgehead atoms. The molecule has 3 rings (SSSR count). The zero-order chi connectivity index (χ0) is 24.0. The van der Waals surface area contributed by atoms with Crippen molar-refractivity contribution < 1.29 is 4.42 Å². The number of nitrogens with two attached hydrogens (primary N) is 1. The van der Waals surface area contributed by atoms with Crippen LogP contribution in [0.2, 0.25) is 0 Å². The first kappa shape index (κ1) is 25.4. The summed E-state index contributed by atoms with van der Waals surface area (Å²) in [5, 5.41) is 28.7. The number of rotatable bonds is 14. The molecule has 0 radical (unpaired) electrons. The third-order valence-corrected chi connectivity index (χ3v) is 5.86. The van der Waals surface area contributed by atoms with E-state index in [2.05, 4.69) is 44.5 Å². The third kappa shape index (κ3) is 8.96. The Bertz CT molecular complexity index is 952. The summed E-state index contributed by atoms with van der Waals surface area (Å²) in [6, 6.07) is 8.35. The molecule has 2 heterocycles. The summed E-state index contributed by atoms with van der Waals surface area (Å²) in [7, 11) is 0. The largest absolute Gasteiger partial charge is 0.461 e. The van der Waals surface area contributed by atoms with Crippen molar-refractivity contribution in [2.24, 2.45) is 10.7 Å². The summed E-state index contributed by atoms with van der Waals surface area (Å²) >= 11 is 0. The van der Waals surface area contributed by atoms with Gasteiger partial charge in [-0.2, -0.15) is 0 Å². The maximum atomic E-state index is 8.01. The van der Waals surface area contributed by atoms with Gasteiger partial charge in [0.05, 0.1) is 0 Å². The fourth-order valence-corrected chi connectivity index (χ4v) is 4.03. The van der Waals surface area contributed by atoms with Crippen LogP contribution in [0.25, 0.3) is 11.0 Å². The average Bonchev–Trinajstić information content (AvgIpc) is 3.25. The second-order valence-electron chi connectivity index (χ2n) is 8.77. The van der Waals surface area contributed by atoms with Crippen molar-refractivity contribution >= 4 is 28.7 Å². The van der Waals surface area contributed by atoms with Gasteiger partial charge in [-0.25, -0.2) is 0 Å². The minimum Gasteiger partial charge on any atom is -0.461 e. The number of aryl methyl sites for hydroxylation is 1. The number of benzene rings is 1. The average molecular weight is 469 g/mol. The van der Waals surface area contributed by atoms with Crippen LogP contribution in [0, 0.1) is 10.8 Å². The summed E-state index contributed by atoms with van der Waals surface area (Å²) < 4.78 is 5.99. The van der Waals surface area contributed by atoms with Crippen molar-refractivity contribution in [1.29, 1.82) is 10.8 Å². The number of unbranched alkanes of at least 4 members (excludes halogenated alkanes) is 5. The van der Waals surface area contributed by atoms with Crippen molar-refractivity contribution in [2.75, 3.05) is 32.7 Å². The summed E-state index contributed by atoms with van der Waals surface area (Å²) in [5.74, 6) is 2.40. The Morgan fingerprint density at radius 1 is 0.941 bits per heavy atom. The van der Waals surface area contributed by atoms with Crippen LogP contribution in [-0.4, -0.2) is 50.5 Å². The molecule has 0 aliphatic carbocycles. The second-order valence-corrected chi connectivity index (χ2v) is 8.77. The van der Waals surface area contributed by atoms with Gasteiger partial charge in [0, 0.05) is 50.1 Å². The Morgan fingerprint density at radius 3 is 2.35 bits per heavy atom. The van der Waals surface area contributed by atoms with Gasteiger partial charge in [-0.3, -0.25) is 15.8 Å². The molecule has 0 unspecified atom stereocenters. The summed E-state index contributed by atoms with van der Waals surface area (Å²) in [4.78, 5) is 4.57. The molecule has 9 nitrogen and oxygen atoms in total. The number of nitrogens with one attached hydrogen (secondary N) is 6. The number of guanidine groups is 2. The van der Waals surface area contributed by atoms with Gasteiger partial charge in [0.2, 0.25) is 0 Å². The Labute approximate surface area is 202 Å². The lowest BCUT2D eigenvalue weighted by Crippen LogP contribution is -2.37. The zero-order valence-electron chi connectivity index (χ0n) is 20.1. The van der Waals surface area contributed by atoms with Crippen LogP contribution in [0.4, 0.5) is 0 Å². The quantitative estimate of drug-likeness (QED) is 0.129. The number of furan rings is 1. The molecule has 0 fully saturated rings. The van der Waals surface area contributed by atoms with E-state index in [0.29, 0.717) is 5.96 Å². The fourth-order valence-electron chi connectivity index (χ4n) is 4.03. The maximum Gasteiger partial charge on any atom is 0.188 e. The monoisotopic (exact) mass is 468 g/mol. The van der Waals surface area contributed by atoms with Gasteiger partial charge in [0.1, 0.15) is 17.2 Å². The first-order valence-corrected chi connectivity index (χ1v) is 12.6. The van der Waals surface area contributed by atoms with Crippen molar-refractivity contribution in [2.45, 2.75) is 57.8 Å². The van der Waals surface area contributed by atoms with E-state index in [-0.39, 0.29) is 5.96 Å². The molecule has 1 aliphatic rings. The lowest BCUT2D eigenvalue weighted by molar-refractivity contribution is 0.536. The summed E-state index contributed by atoms with van der Waals surface area (Å²) in [6.07, 6.45) is 9.67. The molecule has 186 valence electrons. The molecule has 0 saturated heterocycles. The van der Waals surface area contributed by atoms with E-state index < -0.39 is 0 Å². The van der Waals surface area contributed by atoms with Crippen molar-refractivity contribution in [3.8, 4) is 0 Å². The molecule has 8 N–H and O–H groups in total. The van der Waals surface area contributed by atoms with Gasteiger partial charge in [-0.1, -0.05) is 25.7 Å². The molecule has 9 heteroatoms. The molecule has 0 spiro atoms. The van der Waals surface area contributed by atoms with Gasteiger partial charge >= 0.3 is 0 Å². The molecule has 2 aromatic rings. The highest BCUT2D eigenvalue weighted by Crippen LogP contribution is 2.22. The second kappa shape index (κ2) is 14.1. The van der Waals surface area contributed by atoms with Crippen LogP contribution in [0.5, 0.6) is 0 Å². The molecule has 0 atom stereocenters. The van der Waals surface area contributed by atoms with E-state index in [1.165, 1.54) is 12.8 Å². The van der Waals surface area contributed by atoms with Gasteiger partial charge in [0.15, 0.2) is 11.9 Å².